The van der Waals surface area contributed by atoms with Gasteiger partial charge in [0.2, 0.25) is 0 Å². The summed E-state index contributed by atoms with van der Waals surface area (Å²) in [4.78, 5) is 2.35. The first kappa shape index (κ1) is 11.4. The normalized spacial score (nSPS) is 17.5. The number of ether oxygens (including phenoxy) is 1. The monoisotopic (exact) mass is 220 g/mol. The van der Waals surface area contributed by atoms with Crippen LogP contribution in [0.3, 0.4) is 0 Å². The second-order valence-electron chi connectivity index (χ2n) is 4.44. The standard InChI is InChI=1S/C13H20N2O/c1-15(10-9-14)13(7-8-13)11-5-3-4-6-12(11)16-2/h3-6H,7-10,14H2,1-2H3. The SMILES string of the molecule is COc1ccccc1C1(N(C)CCN)CC1. The number of para-hydroxylation sites is 1. The van der Waals surface area contributed by atoms with Gasteiger partial charge in [-0.15, -0.1) is 0 Å². The largest absolute Gasteiger partial charge is 0.496 e. The molecule has 2 N–H and O–H groups in total. The van der Waals surface area contributed by atoms with Crippen molar-refractivity contribution >= 4 is 0 Å². The molecule has 0 bridgehead atoms. The van der Waals surface area contributed by atoms with Crippen LogP contribution in [0.5, 0.6) is 5.75 Å². The summed E-state index contributed by atoms with van der Waals surface area (Å²) in [5.74, 6) is 0.990. The van der Waals surface area contributed by atoms with Gasteiger partial charge >= 0.3 is 0 Å². The molecule has 88 valence electrons. The number of hydrogen-bond donors (Lipinski definition) is 1. The molecule has 0 spiro atoms. The molecule has 2 rings (SSSR count). The highest BCUT2D eigenvalue weighted by Crippen LogP contribution is 2.52. The number of likely N-dealkylation sites (N-methyl/N-ethyl adjacent to an activating group) is 1. The van der Waals surface area contributed by atoms with Gasteiger partial charge in [-0.25, -0.2) is 0 Å². The van der Waals surface area contributed by atoms with Gasteiger partial charge < -0.3 is 10.5 Å². The molecule has 0 aromatic heterocycles. The Morgan fingerprint density at radius 3 is 2.62 bits per heavy atom. The minimum Gasteiger partial charge on any atom is -0.496 e. The Morgan fingerprint density at radius 2 is 2.06 bits per heavy atom. The van der Waals surface area contributed by atoms with E-state index in [9.17, 15) is 0 Å². The summed E-state index contributed by atoms with van der Waals surface area (Å²) in [6.45, 7) is 1.63. The van der Waals surface area contributed by atoms with Crippen molar-refractivity contribution in [3.63, 3.8) is 0 Å². The van der Waals surface area contributed by atoms with E-state index in [-0.39, 0.29) is 5.54 Å². The molecule has 1 aromatic carbocycles. The lowest BCUT2D eigenvalue weighted by Crippen LogP contribution is -2.35. The van der Waals surface area contributed by atoms with Gasteiger partial charge in [0.05, 0.1) is 7.11 Å². The predicted molar refractivity (Wildman–Crippen MR) is 65.6 cm³/mol. The van der Waals surface area contributed by atoms with Gasteiger partial charge in [-0.3, -0.25) is 4.90 Å². The van der Waals surface area contributed by atoms with Gasteiger partial charge in [-0.05, 0) is 26.0 Å². The van der Waals surface area contributed by atoms with Crippen LogP contribution in [0.25, 0.3) is 0 Å². The van der Waals surface area contributed by atoms with Crippen molar-refractivity contribution in [1.82, 2.24) is 4.90 Å². The van der Waals surface area contributed by atoms with E-state index in [1.165, 1.54) is 18.4 Å². The van der Waals surface area contributed by atoms with E-state index in [1.807, 2.05) is 12.1 Å². The number of nitrogens with two attached hydrogens (primary N) is 1. The van der Waals surface area contributed by atoms with E-state index in [2.05, 4.69) is 24.1 Å². The third-order valence-corrected chi connectivity index (χ3v) is 3.53. The highest BCUT2D eigenvalue weighted by Gasteiger charge is 2.49. The molecule has 3 heteroatoms. The lowest BCUT2D eigenvalue weighted by atomic mass is 10.0. The molecular weight excluding hydrogens is 200 g/mol. The van der Waals surface area contributed by atoms with Gasteiger partial charge in [-0.1, -0.05) is 18.2 Å². The maximum atomic E-state index is 5.63. The summed E-state index contributed by atoms with van der Waals surface area (Å²) in [7, 11) is 3.88. The zero-order valence-electron chi connectivity index (χ0n) is 10.1. The van der Waals surface area contributed by atoms with Crippen molar-refractivity contribution in [2.45, 2.75) is 18.4 Å². The number of methoxy groups -OCH3 is 1. The van der Waals surface area contributed by atoms with Gasteiger partial charge in [0.15, 0.2) is 0 Å². The molecule has 1 saturated carbocycles. The molecule has 16 heavy (non-hydrogen) atoms. The van der Waals surface area contributed by atoms with Crippen molar-refractivity contribution in [1.29, 1.82) is 0 Å². The molecule has 0 heterocycles. The Hall–Kier alpha value is -1.06. The Morgan fingerprint density at radius 1 is 1.38 bits per heavy atom. The van der Waals surface area contributed by atoms with Crippen LogP contribution in [-0.2, 0) is 5.54 Å². The van der Waals surface area contributed by atoms with Gasteiger partial charge in [0, 0.05) is 24.2 Å². The fourth-order valence-corrected chi connectivity index (χ4v) is 2.41. The van der Waals surface area contributed by atoms with Crippen LogP contribution in [0, 0.1) is 0 Å². The molecule has 0 aliphatic heterocycles. The minimum atomic E-state index is 0.173. The molecule has 1 aliphatic rings. The summed E-state index contributed by atoms with van der Waals surface area (Å²) >= 11 is 0. The molecule has 0 amide bonds. The summed E-state index contributed by atoms with van der Waals surface area (Å²) in [5.41, 5.74) is 7.10. The van der Waals surface area contributed by atoms with E-state index >= 15 is 0 Å². The van der Waals surface area contributed by atoms with Crippen LogP contribution in [0.2, 0.25) is 0 Å². The van der Waals surface area contributed by atoms with Crippen LogP contribution in [-0.4, -0.2) is 32.1 Å². The fourth-order valence-electron chi connectivity index (χ4n) is 2.41. The quantitative estimate of drug-likeness (QED) is 0.818. The third kappa shape index (κ3) is 1.81. The van der Waals surface area contributed by atoms with Crippen LogP contribution in [0.4, 0.5) is 0 Å². The molecular formula is C13H20N2O. The van der Waals surface area contributed by atoms with Gasteiger partial charge in [-0.2, -0.15) is 0 Å². The zero-order valence-corrected chi connectivity index (χ0v) is 10.1. The fraction of sp³-hybridized carbons (Fsp3) is 0.538. The zero-order chi connectivity index (χ0) is 11.6. The van der Waals surface area contributed by atoms with Gasteiger partial charge in [0.1, 0.15) is 5.75 Å². The topological polar surface area (TPSA) is 38.5 Å². The lowest BCUT2D eigenvalue weighted by molar-refractivity contribution is 0.223. The maximum Gasteiger partial charge on any atom is 0.123 e. The van der Waals surface area contributed by atoms with Crippen LogP contribution < -0.4 is 10.5 Å². The Labute approximate surface area is 97.2 Å². The molecule has 1 fully saturated rings. The average Bonchev–Trinajstić information content (AvgIpc) is 3.10. The van der Waals surface area contributed by atoms with Crippen molar-refractivity contribution in [2.75, 3.05) is 27.2 Å². The lowest BCUT2D eigenvalue weighted by Gasteiger charge is -2.29. The smallest absolute Gasteiger partial charge is 0.123 e. The average molecular weight is 220 g/mol. The van der Waals surface area contributed by atoms with E-state index in [1.54, 1.807) is 7.11 Å². The molecule has 1 aromatic rings. The highest BCUT2D eigenvalue weighted by atomic mass is 16.5. The van der Waals surface area contributed by atoms with Gasteiger partial charge in [0.25, 0.3) is 0 Å². The third-order valence-electron chi connectivity index (χ3n) is 3.53. The highest BCUT2D eigenvalue weighted by molar-refractivity contribution is 5.42. The summed E-state index contributed by atoms with van der Waals surface area (Å²) < 4.78 is 5.44. The summed E-state index contributed by atoms with van der Waals surface area (Å²) in [5, 5.41) is 0. The summed E-state index contributed by atoms with van der Waals surface area (Å²) in [6, 6.07) is 8.29. The van der Waals surface area contributed by atoms with Crippen molar-refractivity contribution in [2.24, 2.45) is 5.73 Å². The van der Waals surface area contributed by atoms with Crippen molar-refractivity contribution in [3.05, 3.63) is 29.8 Å². The molecule has 0 saturated heterocycles. The maximum absolute atomic E-state index is 5.63. The Bertz CT molecular complexity index is 361. The Balaban J connectivity index is 2.29. The van der Waals surface area contributed by atoms with E-state index in [0.29, 0.717) is 6.54 Å². The molecule has 3 nitrogen and oxygen atoms in total. The Kier molecular flexibility index (Phi) is 3.17. The molecule has 1 aliphatic carbocycles. The molecule has 0 radical (unpaired) electrons. The van der Waals surface area contributed by atoms with Crippen LogP contribution in [0.1, 0.15) is 18.4 Å². The van der Waals surface area contributed by atoms with E-state index < -0.39 is 0 Å². The first-order valence-corrected chi connectivity index (χ1v) is 5.79. The van der Waals surface area contributed by atoms with Crippen LogP contribution >= 0.6 is 0 Å². The minimum absolute atomic E-state index is 0.173. The van der Waals surface area contributed by atoms with E-state index in [4.69, 9.17) is 10.5 Å². The van der Waals surface area contributed by atoms with Crippen molar-refractivity contribution < 1.29 is 4.74 Å². The number of benzene rings is 1. The molecule has 0 atom stereocenters. The second kappa shape index (κ2) is 4.44. The number of nitrogens with zero attached hydrogens (tertiary/aromatic N) is 1. The number of hydrogen-bond acceptors (Lipinski definition) is 3. The second-order valence-corrected chi connectivity index (χ2v) is 4.44. The van der Waals surface area contributed by atoms with E-state index in [0.717, 1.165) is 12.3 Å². The summed E-state index contributed by atoms with van der Waals surface area (Å²) in [6.07, 6.45) is 2.40. The molecule has 0 unspecified atom stereocenters. The number of rotatable bonds is 5. The first-order valence-electron chi connectivity index (χ1n) is 5.79. The van der Waals surface area contributed by atoms with Crippen molar-refractivity contribution in [3.8, 4) is 5.75 Å². The predicted octanol–water partition coefficient (Wildman–Crippen LogP) is 1.57. The van der Waals surface area contributed by atoms with Crippen LogP contribution in [0.15, 0.2) is 24.3 Å². The first-order chi connectivity index (χ1) is 7.74.